The van der Waals surface area contributed by atoms with Crippen LogP contribution < -0.4 is 5.32 Å². The molecule has 2 rings (SSSR count). The van der Waals surface area contributed by atoms with Gasteiger partial charge in [-0.3, -0.25) is 0 Å². The summed E-state index contributed by atoms with van der Waals surface area (Å²) in [5.74, 6) is 2.42. The van der Waals surface area contributed by atoms with Crippen LogP contribution in [0.25, 0.3) is 0 Å². The molecule has 64 valence electrons. The van der Waals surface area contributed by atoms with Gasteiger partial charge >= 0.3 is 0 Å². The van der Waals surface area contributed by atoms with Crippen molar-refractivity contribution in [2.24, 2.45) is 0 Å². The summed E-state index contributed by atoms with van der Waals surface area (Å²) in [6, 6.07) is 0. The monoisotopic (exact) mass is 173 g/mol. The van der Waals surface area contributed by atoms with E-state index in [4.69, 9.17) is 0 Å². The molecule has 2 aliphatic heterocycles. The van der Waals surface area contributed by atoms with Crippen LogP contribution in [0.1, 0.15) is 19.3 Å². The van der Waals surface area contributed by atoms with E-state index in [1.807, 2.05) is 11.8 Å². The summed E-state index contributed by atoms with van der Waals surface area (Å²) >= 11 is 2.01. The molecule has 1 unspecified atom stereocenters. The molecule has 2 N–H and O–H groups in total. The van der Waals surface area contributed by atoms with Gasteiger partial charge in [0, 0.05) is 5.54 Å². The molecule has 2 heterocycles. The van der Waals surface area contributed by atoms with Crippen LogP contribution in [0, 0.1) is 0 Å². The number of aliphatic hydroxyl groups is 1. The molecule has 2 aliphatic rings. The Morgan fingerprint density at radius 2 is 2.09 bits per heavy atom. The summed E-state index contributed by atoms with van der Waals surface area (Å²) in [6.45, 7) is 1.01. The minimum absolute atomic E-state index is 0.0802. The molecular weight excluding hydrogens is 158 g/mol. The first-order chi connectivity index (χ1) is 5.33. The summed E-state index contributed by atoms with van der Waals surface area (Å²) in [5, 5.41) is 13.2. The topological polar surface area (TPSA) is 32.3 Å². The Bertz CT molecular complexity index is 145. The fraction of sp³-hybridized carbons (Fsp3) is 1.00. The highest BCUT2D eigenvalue weighted by Crippen LogP contribution is 2.33. The Morgan fingerprint density at radius 3 is 2.64 bits per heavy atom. The average Bonchev–Trinajstić information content (AvgIpc) is 2.36. The van der Waals surface area contributed by atoms with Crippen LogP contribution >= 0.6 is 11.8 Å². The highest BCUT2D eigenvalue weighted by molar-refractivity contribution is 7.99. The molecule has 0 amide bonds. The van der Waals surface area contributed by atoms with Crippen LogP contribution in [0.4, 0.5) is 0 Å². The predicted octanol–water partition coefficient (Wildman–Crippen LogP) is 0.606. The smallest absolute Gasteiger partial charge is 0.0734 e. The lowest BCUT2D eigenvalue weighted by Crippen LogP contribution is -2.50. The van der Waals surface area contributed by atoms with Crippen molar-refractivity contribution in [1.82, 2.24) is 5.32 Å². The van der Waals surface area contributed by atoms with Crippen molar-refractivity contribution in [2.45, 2.75) is 30.9 Å². The standard InChI is InChI=1S/C8H15NOS/c10-7-1-4-9-8(7)2-5-11-6-3-8/h7,9-10H,1-6H2. The van der Waals surface area contributed by atoms with E-state index in [9.17, 15) is 5.11 Å². The number of nitrogens with one attached hydrogen (secondary N) is 1. The maximum Gasteiger partial charge on any atom is 0.0734 e. The second-order valence-corrected chi connectivity index (χ2v) is 4.72. The Balaban J connectivity index is 2.06. The quantitative estimate of drug-likeness (QED) is 0.563. The third-order valence-corrected chi connectivity index (χ3v) is 3.90. The number of aliphatic hydroxyl groups excluding tert-OH is 1. The molecule has 0 radical (unpaired) electrons. The lowest BCUT2D eigenvalue weighted by molar-refractivity contribution is 0.0911. The molecule has 0 bridgehead atoms. The number of hydrogen-bond acceptors (Lipinski definition) is 3. The second kappa shape index (κ2) is 2.96. The van der Waals surface area contributed by atoms with Crippen LogP contribution in [-0.2, 0) is 0 Å². The zero-order valence-corrected chi connectivity index (χ0v) is 7.49. The molecule has 1 atom stereocenters. The number of thioether (sulfide) groups is 1. The normalized spacial score (nSPS) is 36.3. The van der Waals surface area contributed by atoms with E-state index in [0.29, 0.717) is 0 Å². The summed E-state index contributed by atoms with van der Waals surface area (Å²) < 4.78 is 0. The molecule has 1 spiro atoms. The van der Waals surface area contributed by atoms with Gasteiger partial charge in [0.25, 0.3) is 0 Å². The molecule has 0 aromatic heterocycles. The fourth-order valence-corrected chi connectivity index (χ4v) is 3.32. The Hall–Kier alpha value is 0.270. The van der Waals surface area contributed by atoms with Crippen molar-refractivity contribution in [1.29, 1.82) is 0 Å². The van der Waals surface area contributed by atoms with Crippen LogP contribution in [0.5, 0.6) is 0 Å². The maximum atomic E-state index is 9.73. The van der Waals surface area contributed by atoms with Crippen LogP contribution in [0.3, 0.4) is 0 Å². The Labute approximate surface area is 71.7 Å². The van der Waals surface area contributed by atoms with Crippen molar-refractivity contribution >= 4 is 11.8 Å². The fourth-order valence-electron chi connectivity index (χ4n) is 2.10. The van der Waals surface area contributed by atoms with Crippen LogP contribution in [0.15, 0.2) is 0 Å². The molecule has 0 aromatic carbocycles. The first-order valence-corrected chi connectivity index (χ1v) is 5.50. The van der Waals surface area contributed by atoms with Gasteiger partial charge in [-0.05, 0) is 37.3 Å². The van der Waals surface area contributed by atoms with E-state index in [2.05, 4.69) is 5.32 Å². The molecule has 0 aromatic rings. The van der Waals surface area contributed by atoms with Gasteiger partial charge in [-0.2, -0.15) is 11.8 Å². The van der Waals surface area contributed by atoms with Crippen molar-refractivity contribution < 1.29 is 5.11 Å². The molecule has 0 aliphatic carbocycles. The predicted molar refractivity (Wildman–Crippen MR) is 47.9 cm³/mol. The first kappa shape index (κ1) is 7.90. The van der Waals surface area contributed by atoms with Gasteiger partial charge in [0.1, 0.15) is 0 Å². The summed E-state index contributed by atoms with van der Waals surface area (Å²) in [6.07, 6.45) is 3.17. The average molecular weight is 173 g/mol. The SMILES string of the molecule is OC1CCNC12CCSCC2. The number of hydrogen-bond donors (Lipinski definition) is 2. The Kier molecular flexibility index (Phi) is 2.12. The zero-order chi connectivity index (χ0) is 7.73. The summed E-state index contributed by atoms with van der Waals surface area (Å²) in [5.41, 5.74) is 0.116. The van der Waals surface area contributed by atoms with Gasteiger partial charge in [0.2, 0.25) is 0 Å². The van der Waals surface area contributed by atoms with E-state index in [1.54, 1.807) is 0 Å². The minimum Gasteiger partial charge on any atom is -0.391 e. The first-order valence-electron chi connectivity index (χ1n) is 4.34. The van der Waals surface area contributed by atoms with Gasteiger partial charge in [-0.15, -0.1) is 0 Å². The van der Waals surface area contributed by atoms with Crippen LogP contribution in [0.2, 0.25) is 0 Å². The van der Waals surface area contributed by atoms with Gasteiger partial charge in [0.05, 0.1) is 6.10 Å². The van der Waals surface area contributed by atoms with Gasteiger partial charge in [0.15, 0.2) is 0 Å². The second-order valence-electron chi connectivity index (χ2n) is 3.50. The Morgan fingerprint density at radius 1 is 1.36 bits per heavy atom. The molecule has 3 heteroatoms. The van der Waals surface area contributed by atoms with E-state index >= 15 is 0 Å². The largest absolute Gasteiger partial charge is 0.391 e. The lowest BCUT2D eigenvalue weighted by atomic mass is 9.88. The third-order valence-electron chi connectivity index (χ3n) is 2.92. The molecule has 2 saturated heterocycles. The van der Waals surface area contributed by atoms with E-state index in [1.165, 1.54) is 11.5 Å². The molecule has 11 heavy (non-hydrogen) atoms. The summed E-state index contributed by atoms with van der Waals surface area (Å²) in [4.78, 5) is 0. The van der Waals surface area contributed by atoms with Crippen molar-refractivity contribution in [3.63, 3.8) is 0 Å². The van der Waals surface area contributed by atoms with Crippen molar-refractivity contribution in [2.75, 3.05) is 18.1 Å². The lowest BCUT2D eigenvalue weighted by Gasteiger charge is -2.36. The highest BCUT2D eigenvalue weighted by Gasteiger charge is 2.42. The zero-order valence-electron chi connectivity index (χ0n) is 6.68. The van der Waals surface area contributed by atoms with Gasteiger partial charge < -0.3 is 10.4 Å². The van der Waals surface area contributed by atoms with E-state index in [-0.39, 0.29) is 11.6 Å². The van der Waals surface area contributed by atoms with Gasteiger partial charge in [-0.25, -0.2) is 0 Å². The molecule has 2 nitrogen and oxygen atoms in total. The minimum atomic E-state index is -0.0802. The van der Waals surface area contributed by atoms with Crippen molar-refractivity contribution in [3.05, 3.63) is 0 Å². The van der Waals surface area contributed by atoms with Crippen LogP contribution in [-0.4, -0.2) is 34.8 Å². The van der Waals surface area contributed by atoms with Crippen molar-refractivity contribution in [3.8, 4) is 0 Å². The maximum absolute atomic E-state index is 9.73. The molecule has 0 saturated carbocycles. The molecular formula is C8H15NOS. The summed E-state index contributed by atoms with van der Waals surface area (Å²) in [7, 11) is 0. The molecule has 2 fully saturated rings. The van der Waals surface area contributed by atoms with E-state index in [0.717, 1.165) is 25.8 Å². The number of rotatable bonds is 0. The van der Waals surface area contributed by atoms with E-state index < -0.39 is 0 Å². The highest BCUT2D eigenvalue weighted by atomic mass is 32.2. The van der Waals surface area contributed by atoms with Gasteiger partial charge in [-0.1, -0.05) is 0 Å². The third kappa shape index (κ3) is 1.30.